The van der Waals surface area contributed by atoms with Crippen molar-refractivity contribution < 1.29 is 14.3 Å². The average Bonchev–Trinajstić information content (AvgIpc) is 2.81. The number of cyclic esters (lactones) is 2. The molecule has 1 heterocycles. The summed E-state index contributed by atoms with van der Waals surface area (Å²) in [7, 11) is 0. The Balaban J connectivity index is 1.93. The molecule has 1 saturated heterocycles. The Kier molecular flexibility index (Phi) is 2.06. The van der Waals surface area contributed by atoms with Gasteiger partial charge in [0.1, 0.15) is 0 Å². The lowest BCUT2D eigenvalue weighted by atomic mass is 9.86. The highest BCUT2D eigenvalue weighted by Crippen LogP contribution is 2.41. The minimum absolute atomic E-state index is 0.176. The summed E-state index contributed by atoms with van der Waals surface area (Å²) in [6.07, 6.45) is 2.20. The molecule has 3 nitrogen and oxygen atoms in total. The van der Waals surface area contributed by atoms with E-state index in [9.17, 15) is 9.59 Å². The van der Waals surface area contributed by atoms with Crippen LogP contribution in [0.5, 0.6) is 0 Å². The van der Waals surface area contributed by atoms with E-state index in [2.05, 4.69) is 16.9 Å². The molecule has 2 unspecified atom stereocenters. The highest BCUT2D eigenvalue weighted by atomic mass is 16.6. The summed E-state index contributed by atoms with van der Waals surface area (Å²) < 4.78 is 4.62. The SMILES string of the molecule is O=C1CC(C2CCc3ccccc32)C(=O)O1. The maximum absolute atomic E-state index is 11.5. The summed E-state index contributed by atoms with van der Waals surface area (Å²) in [6.45, 7) is 0. The van der Waals surface area contributed by atoms with Gasteiger partial charge in [-0.05, 0) is 29.9 Å². The van der Waals surface area contributed by atoms with Crippen LogP contribution in [-0.4, -0.2) is 11.9 Å². The number of rotatable bonds is 1. The Morgan fingerprint density at radius 3 is 2.69 bits per heavy atom. The minimum Gasteiger partial charge on any atom is -0.393 e. The molecule has 0 spiro atoms. The number of carbonyl (C=O) groups is 2. The molecule has 2 atom stereocenters. The van der Waals surface area contributed by atoms with Crippen molar-refractivity contribution in [2.75, 3.05) is 0 Å². The van der Waals surface area contributed by atoms with Crippen molar-refractivity contribution in [2.24, 2.45) is 5.92 Å². The van der Waals surface area contributed by atoms with Crippen molar-refractivity contribution in [3.05, 3.63) is 35.4 Å². The molecule has 0 N–H and O–H groups in total. The lowest BCUT2D eigenvalue weighted by molar-refractivity contribution is -0.153. The fraction of sp³-hybridized carbons (Fsp3) is 0.385. The highest BCUT2D eigenvalue weighted by molar-refractivity contribution is 5.95. The smallest absolute Gasteiger partial charge is 0.317 e. The largest absolute Gasteiger partial charge is 0.393 e. The van der Waals surface area contributed by atoms with E-state index in [4.69, 9.17) is 0 Å². The lowest BCUT2D eigenvalue weighted by Gasteiger charge is -2.14. The van der Waals surface area contributed by atoms with Crippen LogP contribution in [0.2, 0.25) is 0 Å². The van der Waals surface area contributed by atoms with Gasteiger partial charge < -0.3 is 4.74 Å². The van der Waals surface area contributed by atoms with Crippen molar-refractivity contribution >= 4 is 11.9 Å². The predicted molar refractivity (Wildman–Crippen MR) is 56.7 cm³/mol. The van der Waals surface area contributed by atoms with E-state index in [1.54, 1.807) is 0 Å². The number of carbonyl (C=O) groups excluding carboxylic acids is 2. The van der Waals surface area contributed by atoms with Crippen molar-refractivity contribution in [1.82, 2.24) is 0 Å². The first-order chi connectivity index (χ1) is 7.75. The minimum atomic E-state index is -0.376. The molecule has 0 saturated carbocycles. The number of hydrogen-bond donors (Lipinski definition) is 0. The van der Waals surface area contributed by atoms with Gasteiger partial charge in [-0.25, -0.2) is 0 Å². The van der Waals surface area contributed by atoms with E-state index in [0.29, 0.717) is 0 Å². The highest BCUT2D eigenvalue weighted by Gasteiger charge is 2.41. The van der Waals surface area contributed by atoms with Gasteiger partial charge in [0.25, 0.3) is 0 Å². The molecule has 1 aromatic rings. The Morgan fingerprint density at radius 1 is 1.12 bits per heavy atom. The first kappa shape index (κ1) is 9.58. The summed E-state index contributed by atoms with van der Waals surface area (Å²) in [4.78, 5) is 22.6. The van der Waals surface area contributed by atoms with Crippen molar-refractivity contribution in [3.8, 4) is 0 Å². The number of esters is 2. The Bertz CT molecular complexity index is 464. The lowest BCUT2D eigenvalue weighted by Crippen LogP contribution is -2.15. The topological polar surface area (TPSA) is 43.4 Å². The van der Waals surface area contributed by atoms with Gasteiger partial charge in [0, 0.05) is 0 Å². The molecule has 1 aliphatic carbocycles. The zero-order valence-corrected chi connectivity index (χ0v) is 8.81. The third kappa shape index (κ3) is 1.35. The molecule has 82 valence electrons. The maximum atomic E-state index is 11.5. The average molecular weight is 216 g/mol. The molecule has 16 heavy (non-hydrogen) atoms. The van der Waals surface area contributed by atoms with E-state index in [-0.39, 0.29) is 30.2 Å². The van der Waals surface area contributed by atoms with Crippen LogP contribution in [0.3, 0.4) is 0 Å². The van der Waals surface area contributed by atoms with Crippen LogP contribution in [0.25, 0.3) is 0 Å². The first-order valence-corrected chi connectivity index (χ1v) is 5.58. The third-order valence-electron chi connectivity index (χ3n) is 3.57. The number of aryl methyl sites for hydroxylation is 1. The van der Waals surface area contributed by atoms with E-state index in [1.165, 1.54) is 11.1 Å². The normalized spacial score (nSPS) is 28.0. The van der Waals surface area contributed by atoms with Crippen LogP contribution in [0.15, 0.2) is 24.3 Å². The zero-order chi connectivity index (χ0) is 11.1. The van der Waals surface area contributed by atoms with Crippen molar-refractivity contribution in [3.63, 3.8) is 0 Å². The molecule has 2 aliphatic rings. The third-order valence-corrected chi connectivity index (χ3v) is 3.57. The van der Waals surface area contributed by atoms with Gasteiger partial charge in [0.2, 0.25) is 0 Å². The Hall–Kier alpha value is -1.64. The monoisotopic (exact) mass is 216 g/mol. The van der Waals surface area contributed by atoms with Crippen LogP contribution >= 0.6 is 0 Å². The summed E-state index contributed by atoms with van der Waals surface area (Å²) >= 11 is 0. The van der Waals surface area contributed by atoms with E-state index in [0.717, 1.165) is 12.8 Å². The van der Waals surface area contributed by atoms with Gasteiger partial charge in [-0.1, -0.05) is 24.3 Å². The molecule has 0 aromatic heterocycles. The number of ether oxygens (including phenoxy) is 1. The molecule has 0 bridgehead atoms. The molecule has 3 rings (SSSR count). The number of fused-ring (bicyclic) bond motifs is 1. The van der Waals surface area contributed by atoms with E-state index in [1.807, 2.05) is 12.1 Å². The van der Waals surface area contributed by atoms with Crippen LogP contribution < -0.4 is 0 Å². The fourth-order valence-electron chi connectivity index (χ4n) is 2.81. The van der Waals surface area contributed by atoms with E-state index >= 15 is 0 Å². The standard InChI is InChI=1S/C13H12O3/c14-12-7-11(13(15)16-12)10-6-5-8-3-1-2-4-9(8)10/h1-4,10-11H,5-7H2. The van der Waals surface area contributed by atoms with E-state index < -0.39 is 0 Å². The summed E-state index contributed by atoms with van der Waals surface area (Å²) in [5.74, 6) is -0.794. The molecule has 3 heteroatoms. The number of hydrogen-bond acceptors (Lipinski definition) is 3. The van der Waals surface area contributed by atoms with Crippen LogP contribution in [0, 0.1) is 5.92 Å². The first-order valence-electron chi connectivity index (χ1n) is 5.58. The maximum Gasteiger partial charge on any atom is 0.317 e. The fourth-order valence-corrected chi connectivity index (χ4v) is 2.81. The molecule has 0 amide bonds. The molecule has 1 aromatic carbocycles. The van der Waals surface area contributed by atoms with Gasteiger partial charge in [-0.15, -0.1) is 0 Å². The van der Waals surface area contributed by atoms with Gasteiger partial charge in [-0.3, -0.25) is 9.59 Å². The second-order valence-electron chi connectivity index (χ2n) is 4.45. The quantitative estimate of drug-likeness (QED) is 0.531. The second-order valence-corrected chi connectivity index (χ2v) is 4.45. The summed E-state index contributed by atoms with van der Waals surface area (Å²) in [6, 6.07) is 8.15. The van der Waals surface area contributed by atoms with Crippen LogP contribution in [-0.2, 0) is 20.7 Å². The van der Waals surface area contributed by atoms with Gasteiger partial charge >= 0.3 is 11.9 Å². The number of benzene rings is 1. The molecule has 0 radical (unpaired) electrons. The van der Waals surface area contributed by atoms with Crippen molar-refractivity contribution in [2.45, 2.75) is 25.2 Å². The molecular formula is C13H12O3. The Morgan fingerprint density at radius 2 is 1.94 bits per heavy atom. The van der Waals surface area contributed by atoms with Crippen LogP contribution in [0.1, 0.15) is 29.9 Å². The molecule has 1 fully saturated rings. The zero-order valence-electron chi connectivity index (χ0n) is 8.81. The van der Waals surface area contributed by atoms with Crippen LogP contribution in [0.4, 0.5) is 0 Å². The predicted octanol–water partition coefficient (Wildman–Crippen LogP) is 1.81. The van der Waals surface area contributed by atoms with Gasteiger partial charge in [0.15, 0.2) is 0 Å². The molecular weight excluding hydrogens is 204 g/mol. The Labute approximate surface area is 93.4 Å². The molecule has 1 aliphatic heterocycles. The van der Waals surface area contributed by atoms with Crippen molar-refractivity contribution in [1.29, 1.82) is 0 Å². The summed E-state index contributed by atoms with van der Waals surface area (Å²) in [5.41, 5.74) is 2.53. The van der Waals surface area contributed by atoms with Gasteiger partial charge in [0.05, 0.1) is 12.3 Å². The summed E-state index contributed by atoms with van der Waals surface area (Å²) in [5, 5.41) is 0. The van der Waals surface area contributed by atoms with Gasteiger partial charge in [-0.2, -0.15) is 0 Å². The second kappa shape index (κ2) is 3.44.